The molecule has 4 N–H and O–H groups in total. The van der Waals surface area contributed by atoms with E-state index in [9.17, 15) is 29.4 Å². The lowest BCUT2D eigenvalue weighted by Crippen LogP contribution is -2.50. The zero-order valence-electron chi connectivity index (χ0n) is 24.8. The third-order valence-electron chi connectivity index (χ3n) is 6.80. The lowest BCUT2D eigenvalue weighted by Gasteiger charge is -2.37. The number of anilines is 1. The van der Waals surface area contributed by atoms with Crippen molar-refractivity contribution < 1.29 is 34.1 Å². The lowest BCUT2D eigenvalue weighted by atomic mass is 9.78. The zero-order valence-corrected chi connectivity index (χ0v) is 25.6. The van der Waals surface area contributed by atoms with E-state index in [1.165, 1.54) is 11.8 Å². The molecule has 0 spiro atoms. The highest BCUT2D eigenvalue weighted by molar-refractivity contribution is 8.00. The molecule has 1 aromatic carbocycles. The Balaban J connectivity index is 2.27. The van der Waals surface area contributed by atoms with Crippen molar-refractivity contribution in [1.29, 1.82) is 0 Å². The fourth-order valence-corrected chi connectivity index (χ4v) is 5.98. The predicted octanol–water partition coefficient (Wildman–Crippen LogP) is 4.05. The first-order valence-corrected chi connectivity index (χ1v) is 14.5. The number of carbonyl (C=O) groups is 4. The number of nitrogens with zero attached hydrogens (tertiary/aromatic N) is 1. The molecule has 2 rings (SSSR count). The summed E-state index contributed by atoms with van der Waals surface area (Å²) in [6.07, 6.45) is -1.73. The van der Waals surface area contributed by atoms with Crippen LogP contribution in [0.1, 0.15) is 67.7 Å². The maximum Gasteiger partial charge on any atom is 0.407 e. The van der Waals surface area contributed by atoms with E-state index < -0.39 is 46.4 Å². The van der Waals surface area contributed by atoms with Gasteiger partial charge >= 0.3 is 12.1 Å². The topological polar surface area (TPSA) is 145 Å². The minimum atomic E-state index is -1.19. The normalized spacial score (nSPS) is 17.9. The van der Waals surface area contributed by atoms with Gasteiger partial charge in [0.1, 0.15) is 10.9 Å². The van der Waals surface area contributed by atoms with Crippen molar-refractivity contribution in [2.45, 2.75) is 95.6 Å². The van der Waals surface area contributed by atoms with E-state index in [4.69, 9.17) is 4.74 Å². The Morgan fingerprint density at radius 1 is 1.12 bits per heavy atom. The van der Waals surface area contributed by atoms with Crippen LogP contribution >= 0.6 is 11.8 Å². The smallest absolute Gasteiger partial charge is 0.407 e. The Morgan fingerprint density at radius 2 is 1.75 bits per heavy atom. The molecule has 3 unspecified atom stereocenters. The van der Waals surface area contributed by atoms with Crippen LogP contribution in [0.4, 0.5) is 10.5 Å². The van der Waals surface area contributed by atoms with Gasteiger partial charge in [-0.3, -0.25) is 14.4 Å². The summed E-state index contributed by atoms with van der Waals surface area (Å²) in [4.78, 5) is 53.1. The van der Waals surface area contributed by atoms with Crippen molar-refractivity contribution in [1.82, 2.24) is 10.6 Å². The van der Waals surface area contributed by atoms with E-state index in [0.29, 0.717) is 0 Å². The quantitative estimate of drug-likeness (QED) is 0.307. The number of amides is 3. The minimum absolute atomic E-state index is 0.0674. The SMILES string of the molecule is CNC(=O)[C@@H]1CN(C(=O)CC(C)(C)CC(NC(=O)OC(C)(C)C)C(O)CC(C(=O)O)C(C)C)c2ccccc2S1. The summed E-state index contributed by atoms with van der Waals surface area (Å²) in [5, 5.41) is 25.7. The number of alkyl carbamates (subject to hydrolysis) is 1. The van der Waals surface area contributed by atoms with Gasteiger partial charge in [0.05, 0.1) is 23.8 Å². The number of hydrogen-bond acceptors (Lipinski definition) is 7. The van der Waals surface area contributed by atoms with Gasteiger partial charge in [-0.25, -0.2) is 4.79 Å². The molecular formula is C29H45N3O7S. The molecule has 0 saturated heterocycles. The summed E-state index contributed by atoms with van der Waals surface area (Å²) < 4.78 is 5.40. The van der Waals surface area contributed by atoms with Crippen molar-refractivity contribution in [2.75, 3.05) is 18.5 Å². The van der Waals surface area contributed by atoms with Crippen LogP contribution in [0, 0.1) is 17.3 Å². The second kappa shape index (κ2) is 13.7. The standard InChI is InChI=1S/C29H45N3O7S/c1-17(2)18(26(36)37)13-21(33)19(31-27(38)39-28(3,4)5)14-29(6,7)15-24(34)32-16-23(25(35)30-8)40-22-12-10-9-11-20(22)32/h9-12,17-19,21,23,33H,13-16H2,1-8H3,(H,30,35)(H,31,38)(H,36,37)/t18?,19?,21?,23-/m0/s1. The summed E-state index contributed by atoms with van der Waals surface area (Å²) in [7, 11) is 1.57. The molecule has 0 radical (unpaired) electrons. The monoisotopic (exact) mass is 579 g/mol. The number of hydrogen-bond donors (Lipinski definition) is 4. The lowest BCUT2D eigenvalue weighted by molar-refractivity contribution is -0.144. The maximum atomic E-state index is 13.7. The van der Waals surface area contributed by atoms with E-state index in [1.807, 2.05) is 38.1 Å². The fourth-order valence-electron chi connectivity index (χ4n) is 4.77. The Kier molecular flexibility index (Phi) is 11.5. The van der Waals surface area contributed by atoms with Gasteiger partial charge in [-0.15, -0.1) is 11.8 Å². The molecule has 224 valence electrons. The van der Waals surface area contributed by atoms with Crippen LogP contribution in [0.5, 0.6) is 0 Å². The first kappa shape index (κ1) is 33.4. The van der Waals surface area contributed by atoms with Gasteiger partial charge in [0.15, 0.2) is 0 Å². The minimum Gasteiger partial charge on any atom is -0.481 e. The van der Waals surface area contributed by atoms with Crippen molar-refractivity contribution in [3.05, 3.63) is 24.3 Å². The number of nitrogens with one attached hydrogen (secondary N) is 2. The molecule has 0 saturated carbocycles. The van der Waals surface area contributed by atoms with Crippen molar-refractivity contribution in [2.24, 2.45) is 17.3 Å². The van der Waals surface area contributed by atoms with Crippen LogP contribution in [-0.2, 0) is 19.1 Å². The molecule has 3 amide bonds. The molecular weight excluding hydrogens is 534 g/mol. The van der Waals surface area contributed by atoms with Crippen LogP contribution in [0.25, 0.3) is 0 Å². The molecule has 0 aliphatic carbocycles. The molecule has 11 heteroatoms. The molecule has 1 aliphatic rings. The van der Waals surface area contributed by atoms with Gasteiger partial charge in [0.2, 0.25) is 11.8 Å². The van der Waals surface area contributed by atoms with E-state index >= 15 is 0 Å². The average molecular weight is 580 g/mol. The Labute approximate surface area is 241 Å². The third-order valence-corrected chi connectivity index (χ3v) is 8.05. The summed E-state index contributed by atoms with van der Waals surface area (Å²) in [5.74, 6) is -2.42. The maximum absolute atomic E-state index is 13.7. The highest BCUT2D eigenvalue weighted by Gasteiger charge is 2.38. The van der Waals surface area contributed by atoms with Crippen LogP contribution in [0.3, 0.4) is 0 Å². The number of benzene rings is 1. The van der Waals surface area contributed by atoms with Gasteiger partial charge in [-0.1, -0.05) is 39.8 Å². The Bertz CT molecular complexity index is 1070. The predicted molar refractivity (Wildman–Crippen MR) is 155 cm³/mol. The van der Waals surface area contributed by atoms with Gasteiger partial charge < -0.3 is 30.5 Å². The number of aliphatic hydroxyl groups is 1. The molecule has 40 heavy (non-hydrogen) atoms. The van der Waals surface area contributed by atoms with E-state index in [1.54, 1.807) is 46.6 Å². The number of thioether (sulfide) groups is 1. The molecule has 10 nitrogen and oxygen atoms in total. The number of aliphatic carboxylic acids is 1. The fraction of sp³-hybridized carbons (Fsp3) is 0.655. The highest BCUT2D eigenvalue weighted by atomic mass is 32.2. The molecule has 0 aromatic heterocycles. The number of rotatable bonds is 11. The first-order chi connectivity index (χ1) is 18.4. The second-order valence-electron chi connectivity index (χ2n) is 12.5. The van der Waals surface area contributed by atoms with Crippen LogP contribution in [0.15, 0.2) is 29.2 Å². The largest absolute Gasteiger partial charge is 0.481 e. The van der Waals surface area contributed by atoms with Gasteiger partial charge in [0, 0.05) is 24.9 Å². The molecule has 4 atom stereocenters. The second-order valence-corrected chi connectivity index (χ2v) is 13.7. The first-order valence-electron chi connectivity index (χ1n) is 13.6. The van der Waals surface area contributed by atoms with Crippen LogP contribution in [0.2, 0.25) is 0 Å². The van der Waals surface area contributed by atoms with E-state index in [-0.39, 0.29) is 43.5 Å². The summed E-state index contributed by atoms with van der Waals surface area (Å²) >= 11 is 1.42. The molecule has 1 aromatic rings. The zero-order chi connectivity index (χ0) is 30.4. The number of para-hydroxylation sites is 1. The van der Waals surface area contributed by atoms with Crippen molar-refractivity contribution >= 4 is 41.3 Å². The van der Waals surface area contributed by atoms with Gasteiger partial charge in [-0.05, 0) is 57.1 Å². The van der Waals surface area contributed by atoms with Crippen molar-refractivity contribution in [3.63, 3.8) is 0 Å². The third kappa shape index (κ3) is 9.69. The summed E-state index contributed by atoms with van der Waals surface area (Å²) in [6, 6.07) is 6.57. The number of carboxylic acids is 1. The van der Waals surface area contributed by atoms with Crippen LogP contribution < -0.4 is 15.5 Å². The number of ether oxygens (including phenoxy) is 1. The Morgan fingerprint density at radius 3 is 2.30 bits per heavy atom. The number of carbonyl (C=O) groups excluding carboxylic acids is 3. The van der Waals surface area contributed by atoms with Crippen molar-refractivity contribution in [3.8, 4) is 0 Å². The number of carboxylic acid groups (broad SMARTS) is 1. The van der Waals surface area contributed by atoms with Crippen LogP contribution in [-0.4, -0.2) is 70.7 Å². The summed E-state index contributed by atoms with van der Waals surface area (Å²) in [5.41, 5.74) is -0.748. The molecule has 1 heterocycles. The molecule has 0 fully saturated rings. The molecule has 0 bridgehead atoms. The Hall–Kier alpha value is -2.79. The highest BCUT2D eigenvalue weighted by Crippen LogP contribution is 2.40. The number of aliphatic hydroxyl groups excluding tert-OH is 1. The number of fused-ring (bicyclic) bond motifs is 1. The summed E-state index contributed by atoms with van der Waals surface area (Å²) in [6.45, 7) is 12.6. The van der Waals surface area contributed by atoms with E-state index in [2.05, 4.69) is 10.6 Å². The van der Waals surface area contributed by atoms with Gasteiger partial charge in [0.25, 0.3) is 0 Å². The van der Waals surface area contributed by atoms with Gasteiger partial charge in [-0.2, -0.15) is 0 Å². The molecule has 1 aliphatic heterocycles. The average Bonchev–Trinajstić information content (AvgIpc) is 2.83. The van der Waals surface area contributed by atoms with E-state index in [0.717, 1.165) is 10.6 Å².